The fourth-order valence-electron chi connectivity index (χ4n) is 3.87. The van der Waals surface area contributed by atoms with Gasteiger partial charge in [0.1, 0.15) is 0 Å². The number of unbranched alkanes of at least 4 members (excludes halogenated alkanes) is 1. The van der Waals surface area contributed by atoms with Crippen LogP contribution in [0.5, 0.6) is 5.75 Å². The van der Waals surface area contributed by atoms with Crippen molar-refractivity contribution in [3.05, 3.63) is 28.3 Å². The van der Waals surface area contributed by atoms with Crippen LogP contribution in [0.1, 0.15) is 111 Å². The second kappa shape index (κ2) is 7.89. The molecule has 0 saturated carbocycles. The predicted molar refractivity (Wildman–Crippen MR) is 123 cm³/mol. The second-order valence-corrected chi connectivity index (χ2v) is 13.9. The molecule has 0 unspecified atom stereocenters. The van der Waals surface area contributed by atoms with Crippen LogP contribution in [0.3, 0.4) is 0 Å². The average Bonchev–Trinajstić information content (AvgIpc) is 3.29. The summed E-state index contributed by atoms with van der Waals surface area (Å²) in [7, 11) is -2.51. The van der Waals surface area contributed by atoms with Crippen molar-refractivity contribution in [3.63, 3.8) is 0 Å². The first kappa shape index (κ1) is 23.6. The van der Waals surface area contributed by atoms with Gasteiger partial charge in [0.25, 0.3) is 0 Å². The molecule has 1 aromatic rings. The van der Waals surface area contributed by atoms with Crippen LogP contribution in [-0.2, 0) is 32.0 Å². The summed E-state index contributed by atoms with van der Waals surface area (Å²) >= 11 is 0. The van der Waals surface area contributed by atoms with Gasteiger partial charge in [-0.15, -0.1) is 0 Å². The summed E-state index contributed by atoms with van der Waals surface area (Å²) in [5.41, 5.74) is 5.54. The average molecular weight is 411 g/mol. The predicted octanol–water partition coefficient (Wildman–Crippen LogP) is 7.78. The topological polar surface area (TPSA) is 34.3 Å². The summed E-state index contributed by atoms with van der Waals surface area (Å²) < 4.78 is 17.5. The van der Waals surface area contributed by atoms with Crippen LogP contribution in [0.4, 0.5) is 0 Å². The van der Waals surface area contributed by atoms with Gasteiger partial charge < -0.3 is 0 Å². The van der Waals surface area contributed by atoms with Crippen LogP contribution in [0.2, 0.25) is 0 Å². The van der Waals surface area contributed by atoms with E-state index in [1.165, 1.54) is 35.1 Å². The van der Waals surface area contributed by atoms with Gasteiger partial charge in [0.15, 0.2) is 0 Å². The molecule has 2 rings (SSSR count). The molecule has 0 atom stereocenters. The molecular weight excluding hydrogens is 367 g/mol. The van der Waals surface area contributed by atoms with Crippen molar-refractivity contribution < 1.29 is 13.9 Å². The zero-order chi connectivity index (χ0) is 21.5. The van der Waals surface area contributed by atoms with Gasteiger partial charge >= 0.3 is 174 Å². The van der Waals surface area contributed by atoms with Crippen molar-refractivity contribution >= 4 is 7.94 Å². The molecule has 1 heterocycles. The van der Waals surface area contributed by atoms with E-state index in [2.05, 4.69) is 82.2 Å². The first-order valence-corrected chi connectivity index (χ1v) is 12.9. The Bertz CT molecular complexity index is 699. The van der Waals surface area contributed by atoms with Crippen LogP contribution in [0, 0.1) is 0 Å². The number of benzene rings is 1. The van der Waals surface area contributed by atoms with Crippen LogP contribution in [0.25, 0.3) is 0 Å². The third-order valence-electron chi connectivity index (χ3n) is 5.49. The molecule has 1 saturated heterocycles. The Labute approximate surface area is 174 Å². The van der Waals surface area contributed by atoms with Crippen molar-refractivity contribution in [2.24, 2.45) is 0 Å². The van der Waals surface area contributed by atoms with Crippen molar-refractivity contribution in [1.82, 2.24) is 0 Å². The second-order valence-electron chi connectivity index (χ2n) is 11.3. The monoisotopic (exact) mass is 410 g/mol. The quantitative estimate of drug-likeness (QED) is 0.273. The van der Waals surface area contributed by atoms with Gasteiger partial charge in [-0.2, -0.15) is 0 Å². The number of hydrogen-bond acceptors (Lipinski definition) is 3. The summed E-state index contributed by atoms with van der Waals surface area (Å²) in [6.45, 7) is 25.1. The van der Waals surface area contributed by atoms with Crippen molar-refractivity contribution in [2.45, 2.75) is 112 Å². The van der Waals surface area contributed by atoms with E-state index in [1.54, 1.807) is 0 Å². The van der Waals surface area contributed by atoms with Crippen LogP contribution in [0.15, 0.2) is 6.07 Å². The molecule has 0 spiro atoms. The molecule has 0 N–H and O–H groups in total. The Hall–Kier alpha value is -0.630. The van der Waals surface area contributed by atoms with Gasteiger partial charge in [-0.05, 0) is 0 Å². The van der Waals surface area contributed by atoms with Crippen molar-refractivity contribution in [2.75, 3.05) is 6.16 Å². The van der Waals surface area contributed by atoms with Gasteiger partial charge in [-0.3, -0.25) is 0 Å². The van der Waals surface area contributed by atoms with Gasteiger partial charge in [0.05, 0.1) is 0 Å². The Morgan fingerprint density at radius 2 is 1.36 bits per heavy atom. The molecule has 1 fully saturated rings. The van der Waals surface area contributed by atoms with E-state index in [-0.39, 0.29) is 16.2 Å². The van der Waals surface area contributed by atoms with E-state index in [9.17, 15) is 0 Å². The Morgan fingerprint density at radius 3 is 1.71 bits per heavy atom. The summed E-state index contributed by atoms with van der Waals surface area (Å²) in [4.78, 5) is 0. The normalized spacial score (nSPS) is 18.1. The number of rotatable bonds is 6. The van der Waals surface area contributed by atoms with Crippen LogP contribution in [-0.4, -0.2) is 6.16 Å². The molecule has 1 aromatic carbocycles. The zero-order valence-electron chi connectivity index (χ0n) is 20.1. The first-order chi connectivity index (χ1) is 12.7. The summed E-state index contributed by atoms with van der Waals surface area (Å²) in [5.74, 6) is 1.02. The Morgan fingerprint density at radius 1 is 0.821 bits per heavy atom. The Balaban J connectivity index is 2.89. The Kier molecular flexibility index (Phi) is 6.67. The molecule has 4 heteroatoms. The third-order valence-corrected chi connectivity index (χ3v) is 7.41. The van der Waals surface area contributed by atoms with Gasteiger partial charge in [-0.1, -0.05) is 0 Å². The molecule has 3 nitrogen and oxygen atoms in total. The SMILES string of the molecule is CCCCc1c(C(C)(C)C)cc(C(C)(C)C)c(O[PH]2(CC)OO2)c1C(C)(C)C. The van der Waals surface area contributed by atoms with E-state index in [0.717, 1.165) is 18.3 Å². The van der Waals surface area contributed by atoms with E-state index >= 15 is 0 Å². The molecule has 162 valence electrons. The standard InChI is InChI=1S/C24H43O3P/c1-12-14-15-17-18(22(3,4)5)16-19(23(6,7)8)21(20(17)24(9,10)11)25-28(13-2)26-27-28/h16,28H,12-15H2,1-11H3. The van der Waals surface area contributed by atoms with Gasteiger partial charge in [0, 0.05) is 0 Å². The minimum atomic E-state index is -2.51. The summed E-state index contributed by atoms with van der Waals surface area (Å²) in [6.07, 6.45) is 4.25. The molecule has 0 radical (unpaired) electrons. The fraction of sp³-hybridized carbons (Fsp3) is 0.750. The number of hydrogen-bond donors (Lipinski definition) is 0. The minimum absolute atomic E-state index is 0.0299. The van der Waals surface area contributed by atoms with Crippen molar-refractivity contribution in [3.8, 4) is 5.75 Å². The molecule has 1 aliphatic rings. The molecule has 0 aliphatic carbocycles. The summed E-state index contributed by atoms with van der Waals surface area (Å²) in [6, 6.07) is 2.41. The molecule has 1 aliphatic heterocycles. The van der Waals surface area contributed by atoms with E-state index in [0.29, 0.717) is 0 Å². The first-order valence-electron chi connectivity index (χ1n) is 10.9. The molecule has 0 aromatic heterocycles. The summed E-state index contributed by atoms with van der Waals surface area (Å²) in [5, 5.41) is 0. The van der Waals surface area contributed by atoms with Crippen molar-refractivity contribution in [1.29, 1.82) is 0 Å². The molecule has 0 bridgehead atoms. The van der Waals surface area contributed by atoms with Gasteiger partial charge in [0.2, 0.25) is 0 Å². The van der Waals surface area contributed by atoms with Crippen LogP contribution >= 0.6 is 7.94 Å². The van der Waals surface area contributed by atoms with E-state index in [4.69, 9.17) is 13.9 Å². The van der Waals surface area contributed by atoms with E-state index < -0.39 is 7.94 Å². The zero-order valence-corrected chi connectivity index (χ0v) is 21.1. The van der Waals surface area contributed by atoms with Gasteiger partial charge in [-0.25, -0.2) is 0 Å². The molecular formula is C24H43O3P. The molecule has 28 heavy (non-hydrogen) atoms. The fourth-order valence-corrected chi connectivity index (χ4v) is 5.21. The maximum absolute atomic E-state index is 6.66. The molecule has 0 amide bonds. The van der Waals surface area contributed by atoms with E-state index in [1.807, 2.05) is 0 Å². The maximum atomic E-state index is 6.66. The van der Waals surface area contributed by atoms with Crippen LogP contribution < -0.4 is 4.52 Å². The third kappa shape index (κ3) is 5.10.